The van der Waals surface area contributed by atoms with E-state index >= 15 is 0 Å². The Labute approximate surface area is 127 Å². The first-order valence-corrected chi connectivity index (χ1v) is 7.16. The van der Waals surface area contributed by atoms with Gasteiger partial charge in [0.05, 0.1) is 12.7 Å². The molecule has 0 saturated carbocycles. The van der Waals surface area contributed by atoms with Gasteiger partial charge in [-0.3, -0.25) is 4.79 Å². The van der Waals surface area contributed by atoms with Crippen LogP contribution in [0.25, 0.3) is 0 Å². The number of aromatic nitrogens is 2. The average molecular weight is 310 g/mol. The summed E-state index contributed by atoms with van der Waals surface area (Å²) in [5.74, 6) is -0.700. The number of carbonyl (C=O) groups is 1. The summed E-state index contributed by atoms with van der Waals surface area (Å²) in [7, 11) is 0. The molecule has 0 aliphatic carbocycles. The first-order valence-electron chi connectivity index (χ1n) is 6.78. The fraction of sp³-hybridized carbons (Fsp3) is 0.333. The zero-order chi connectivity index (χ0) is 15.2. The van der Waals surface area contributed by atoms with Crippen LogP contribution in [0.5, 0.6) is 0 Å². The molecule has 0 saturated heterocycles. The Morgan fingerprint density at radius 3 is 2.95 bits per heavy atom. The third-order valence-electron chi connectivity index (χ3n) is 3.25. The molecule has 0 spiro atoms. The number of benzene rings is 1. The molecular formula is C15H17ClFN3O. The first-order chi connectivity index (χ1) is 10.1. The SMILES string of the molecule is CC[C@@H](Cn1ccnc1)NC(=O)Cc1c(F)cccc1Cl. The maximum absolute atomic E-state index is 13.7. The maximum Gasteiger partial charge on any atom is 0.224 e. The van der Waals surface area contributed by atoms with E-state index in [1.54, 1.807) is 18.6 Å². The van der Waals surface area contributed by atoms with Crippen LogP contribution in [0.15, 0.2) is 36.9 Å². The molecule has 0 aliphatic rings. The number of rotatable bonds is 6. The Hall–Kier alpha value is -1.88. The van der Waals surface area contributed by atoms with Gasteiger partial charge >= 0.3 is 0 Å². The van der Waals surface area contributed by atoms with Gasteiger partial charge in [-0.1, -0.05) is 24.6 Å². The third kappa shape index (κ3) is 4.29. The lowest BCUT2D eigenvalue weighted by Crippen LogP contribution is -2.38. The molecule has 21 heavy (non-hydrogen) atoms. The van der Waals surface area contributed by atoms with Crippen molar-refractivity contribution in [3.63, 3.8) is 0 Å². The molecule has 1 N–H and O–H groups in total. The summed E-state index contributed by atoms with van der Waals surface area (Å²) in [6.45, 7) is 2.62. The summed E-state index contributed by atoms with van der Waals surface area (Å²) in [5.41, 5.74) is 0.231. The third-order valence-corrected chi connectivity index (χ3v) is 3.60. The molecule has 4 nitrogen and oxygen atoms in total. The van der Waals surface area contributed by atoms with Crippen molar-refractivity contribution in [1.29, 1.82) is 0 Å². The lowest BCUT2D eigenvalue weighted by Gasteiger charge is -2.17. The van der Waals surface area contributed by atoms with Gasteiger partial charge in [0.25, 0.3) is 0 Å². The zero-order valence-corrected chi connectivity index (χ0v) is 12.5. The van der Waals surface area contributed by atoms with E-state index < -0.39 is 5.82 Å². The van der Waals surface area contributed by atoms with Crippen molar-refractivity contribution in [1.82, 2.24) is 14.9 Å². The zero-order valence-electron chi connectivity index (χ0n) is 11.7. The standard InChI is InChI=1S/C15H17ClFN3O/c1-2-11(9-20-7-6-18-10-20)19-15(21)8-12-13(16)4-3-5-14(12)17/h3-7,10-11H,2,8-9H2,1H3,(H,19,21)/t11-/m0/s1. The molecule has 1 heterocycles. The van der Waals surface area contributed by atoms with Gasteiger partial charge in [-0.15, -0.1) is 0 Å². The monoisotopic (exact) mass is 309 g/mol. The van der Waals surface area contributed by atoms with Crippen LogP contribution in [0.3, 0.4) is 0 Å². The topological polar surface area (TPSA) is 46.9 Å². The van der Waals surface area contributed by atoms with Crippen molar-refractivity contribution in [2.75, 3.05) is 0 Å². The van der Waals surface area contributed by atoms with E-state index in [1.165, 1.54) is 12.1 Å². The Morgan fingerprint density at radius 2 is 2.33 bits per heavy atom. The van der Waals surface area contributed by atoms with Gasteiger partial charge in [0.15, 0.2) is 0 Å². The minimum atomic E-state index is -0.458. The average Bonchev–Trinajstić information content (AvgIpc) is 2.95. The molecule has 0 bridgehead atoms. The predicted octanol–water partition coefficient (Wildman–Crippen LogP) is 2.81. The van der Waals surface area contributed by atoms with Crippen LogP contribution in [0.4, 0.5) is 4.39 Å². The Morgan fingerprint density at radius 1 is 1.52 bits per heavy atom. The minimum Gasteiger partial charge on any atom is -0.351 e. The summed E-state index contributed by atoms with van der Waals surface area (Å²) in [5, 5.41) is 3.17. The summed E-state index contributed by atoms with van der Waals surface area (Å²) in [4.78, 5) is 16.0. The second-order valence-corrected chi connectivity index (χ2v) is 5.22. The number of nitrogens with one attached hydrogen (secondary N) is 1. The summed E-state index contributed by atoms with van der Waals surface area (Å²) >= 11 is 5.93. The molecule has 2 aromatic rings. The number of carbonyl (C=O) groups excluding carboxylic acids is 1. The molecule has 0 fully saturated rings. The van der Waals surface area contributed by atoms with Crippen LogP contribution in [-0.2, 0) is 17.8 Å². The maximum atomic E-state index is 13.7. The van der Waals surface area contributed by atoms with Crippen LogP contribution in [0.1, 0.15) is 18.9 Å². The van der Waals surface area contributed by atoms with Gasteiger partial charge in [0, 0.05) is 35.6 Å². The molecule has 6 heteroatoms. The van der Waals surface area contributed by atoms with Gasteiger partial charge in [0.2, 0.25) is 5.91 Å². The highest BCUT2D eigenvalue weighted by Crippen LogP contribution is 2.19. The fourth-order valence-corrected chi connectivity index (χ4v) is 2.30. The van der Waals surface area contributed by atoms with Crippen LogP contribution in [-0.4, -0.2) is 21.5 Å². The lowest BCUT2D eigenvalue weighted by atomic mass is 10.1. The van der Waals surface area contributed by atoms with E-state index in [0.717, 1.165) is 6.42 Å². The largest absolute Gasteiger partial charge is 0.351 e. The van der Waals surface area contributed by atoms with Crippen LogP contribution < -0.4 is 5.32 Å². The molecule has 1 aromatic heterocycles. The Kier molecular flexibility index (Phi) is 5.33. The number of hydrogen-bond acceptors (Lipinski definition) is 2. The number of imidazole rings is 1. The van der Waals surface area contributed by atoms with Crippen molar-refractivity contribution in [3.05, 3.63) is 53.3 Å². The van der Waals surface area contributed by atoms with E-state index in [1.807, 2.05) is 17.7 Å². The van der Waals surface area contributed by atoms with Crippen molar-refractivity contribution in [2.45, 2.75) is 32.4 Å². The first kappa shape index (κ1) is 15.5. The fourth-order valence-electron chi connectivity index (χ4n) is 2.07. The molecule has 1 amide bonds. The second kappa shape index (κ2) is 7.22. The van der Waals surface area contributed by atoms with Gasteiger partial charge < -0.3 is 9.88 Å². The van der Waals surface area contributed by atoms with Crippen LogP contribution in [0.2, 0.25) is 5.02 Å². The Balaban J connectivity index is 1.97. The van der Waals surface area contributed by atoms with E-state index in [9.17, 15) is 9.18 Å². The normalized spacial score (nSPS) is 12.1. The molecule has 2 rings (SSSR count). The molecule has 0 unspecified atom stereocenters. The van der Waals surface area contributed by atoms with E-state index in [2.05, 4.69) is 10.3 Å². The summed E-state index contributed by atoms with van der Waals surface area (Å²) < 4.78 is 15.6. The lowest BCUT2D eigenvalue weighted by molar-refractivity contribution is -0.121. The van der Waals surface area contributed by atoms with Crippen LogP contribution >= 0.6 is 11.6 Å². The number of halogens is 2. The van der Waals surface area contributed by atoms with Crippen molar-refractivity contribution in [2.24, 2.45) is 0 Å². The minimum absolute atomic E-state index is 0.0303. The molecule has 0 radical (unpaired) electrons. The highest BCUT2D eigenvalue weighted by molar-refractivity contribution is 6.31. The van der Waals surface area contributed by atoms with Gasteiger partial charge in [0.1, 0.15) is 5.82 Å². The number of nitrogens with zero attached hydrogens (tertiary/aromatic N) is 2. The molecular weight excluding hydrogens is 293 g/mol. The molecule has 1 aromatic carbocycles. The van der Waals surface area contributed by atoms with E-state index in [4.69, 9.17) is 11.6 Å². The number of hydrogen-bond donors (Lipinski definition) is 1. The summed E-state index contributed by atoms with van der Waals surface area (Å²) in [6.07, 6.45) is 5.93. The number of amides is 1. The van der Waals surface area contributed by atoms with Gasteiger partial charge in [-0.05, 0) is 18.6 Å². The van der Waals surface area contributed by atoms with E-state index in [0.29, 0.717) is 6.54 Å². The molecule has 112 valence electrons. The van der Waals surface area contributed by atoms with Crippen molar-refractivity contribution >= 4 is 17.5 Å². The van der Waals surface area contributed by atoms with Crippen molar-refractivity contribution in [3.8, 4) is 0 Å². The molecule has 0 aliphatic heterocycles. The predicted molar refractivity (Wildman–Crippen MR) is 79.6 cm³/mol. The molecule has 1 atom stereocenters. The van der Waals surface area contributed by atoms with Gasteiger partial charge in [-0.25, -0.2) is 9.37 Å². The highest BCUT2D eigenvalue weighted by atomic mass is 35.5. The van der Waals surface area contributed by atoms with Crippen molar-refractivity contribution < 1.29 is 9.18 Å². The Bertz CT molecular complexity index is 581. The van der Waals surface area contributed by atoms with Gasteiger partial charge in [-0.2, -0.15) is 0 Å². The smallest absolute Gasteiger partial charge is 0.224 e. The second-order valence-electron chi connectivity index (χ2n) is 4.81. The van der Waals surface area contributed by atoms with E-state index in [-0.39, 0.29) is 29.0 Å². The highest BCUT2D eigenvalue weighted by Gasteiger charge is 2.15. The quantitative estimate of drug-likeness (QED) is 0.892. The van der Waals surface area contributed by atoms with Crippen LogP contribution in [0, 0.1) is 5.82 Å². The summed E-state index contributed by atoms with van der Waals surface area (Å²) in [6, 6.07) is 4.37.